The van der Waals surface area contributed by atoms with Crippen molar-refractivity contribution in [1.29, 1.82) is 0 Å². The highest BCUT2D eigenvalue weighted by Crippen LogP contribution is 2.35. The molecule has 0 bridgehead atoms. The molecule has 3 aromatic carbocycles. The highest BCUT2D eigenvalue weighted by Gasteiger charge is 2.30. The molecule has 1 fully saturated rings. The molecular weight excluding hydrogens is 427 g/mol. The van der Waals surface area contributed by atoms with Gasteiger partial charge in [0, 0.05) is 23.2 Å². The largest absolute Gasteiger partial charge is 0.369 e. The van der Waals surface area contributed by atoms with Crippen molar-refractivity contribution in [3.8, 4) is 22.3 Å². The first-order chi connectivity index (χ1) is 16.6. The molecule has 1 aliphatic rings. The Balaban J connectivity index is 1.47. The first-order valence-corrected chi connectivity index (χ1v) is 11.6. The molecule has 1 saturated heterocycles. The first-order valence-electron chi connectivity index (χ1n) is 11.6. The van der Waals surface area contributed by atoms with Gasteiger partial charge in [-0.3, -0.25) is 14.8 Å². The van der Waals surface area contributed by atoms with E-state index in [0.29, 0.717) is 5.56 Å². The number of aromatic nitrogens is 2. The monoisotopic (exact) mass is 454 g/mol. The van der Waals surface area contributed by atoms with Crippen LogP contribution in [0.1, 0.15) is 30.0 Å². The second kappa shape index (κ2) is 9.61. The number of hydrogen-bond donors (Lipinski definition) is 2. The molecule has 172 valence electrons. The fourth-order valence-electron chi connectivity index (χ4n) is 4.87. The number of amides is 1. The number of nitrogens with two attached hydrogens (primary N) is 1. The van der Waals surface area contributed by atoms with Crippen molar-refractivity contribution < 1.29 is 9.18 Å². The number of piperidine rings is 1. The lowest BCUT2D eigenvalue weighted by Crippen LogP contribution is -2.40. The minimum absolute atomic E-state index is 0.0875. The number of halogens is 1. The van der Waals surface area contributed by atoms with Gasteiger partial charge in [0.15, 0.2) is 0 Å². The van der Waals surface area contributed by atoms with Gasteiger partial charge in [-0.1, -0.05) is 60.7 Å². The third kappa shape index (κ3) is 4.50. The molecule has 34 heavy (non-hydrogen) atoms. The van der Waals surface area contributed by atoms with Gasteiger partial charge in [-0.25, -0.2) is 4.39 Å². The van der Waals surface area contributed by atoms with Crippen molar-refractivity contribution >= 4 is 5.91 Å². The smallest absolute Gasteiger partial charge is 0.220 e. The molecule has 1 aliphatic heterocycles. The number of H-pyrrole nitrogens is 1. The maximum Gasteiger partial charge on any atom is 0.220 e. The van der Waals surface area contributed by atoms with Crippen LogP contribution in [0.25, 0.3) is 22.3 Å². The fourth-order valence-corrected chi connectivity index (χ4v) is 4.87. The van der Waals surface area contributed by atoms with E-state index in [0.717, 1.165) is 53.7 Å². The number of aromatic amines is 1. The van der Waals surface area contributed by atoms with E-state index in [1.807, 2.05) is 67.0 Å². The van der Waals surface area contributed by atoms with E-state index >= 15 is 0 Å². The Morgan fingerprint density at radius 1 is 0.941 bits per heavy atom. The number of likely N-dealkylation sites (tertiary alicyclic amines) is 1. The van der Waals surface area contributed by atoms with Crippen molar-refractivity contribution in [3.05, 3.63) is 102 Å². The lowest BCUT2D eigenvalue weighted by Gasteiger charge is -2.36. The third-order valence-corrected chi connectivity index (χ3v) is 6.74. The van der Waals surface area contributed by atoms with E-state index in [-0.39, 0.29) is 23.7 Å². The van der Waals surface area contributed by atoms with Gasteiger partial charge in [0.25, 0.3) is 0 Å². The molecule has 1 aromatic heterocycles. The van der Waals surface area contributed by atoms with Crippen LogP contribution in [0.3, 0.4) is 0 Å². The molecule has 2 heterocycles. The van der Waals surface area contributed by atoms with Crippen molar-refractivity contribution in [1.82, 2.24) is 15.1 Å². The third-order valence-electron chi connectivity index (χ3n) is 6.74. The number of nitrogens with zero attached hydrogens (tertiary/aromatic N) is 2. The van der Waals surface area contributed by atoms with Crippen LogP contribution in [0.15, 0.2) is 85.2 Å². The topological polar surface area (TPSA) is 75.0 Å². The molecule has 1 amide bonds. The predicted molar refractivity (Wildman–Crippen MR) is 131 cm³/mol. The standard InChI is InChI=1S/C28H27FN4O/c29-26-11-10-23(16-25(26)21-8-6-20(7-9-21)19-4-2-1-3-5-19)27(24-17-31-32-18-24)33-14-12-22(13-15-33)28(30)34/h1-11,16-18,22,27H,12-15H2,(H2,30,34)(H,31,32). The summed E-state index contributed by atoms with van der Waals surface area (Å²) in [5, 5.41) is 7.04. The Kier molecular flexibility index (Phi) is 6.23. The minimum Gasteiger partial charge on any atom is -0.369 e. The van der Waals surface area contributed by atoms with Crippen LogP contribution >= 0.6 is 0 Å². The fraction of sp³-hybridized carbons (Fsp3) is 0.214. The van der Waals surface area contributed by atoms with Crippen molar-refractivity contribution in [2.24, 2.45) is 11.7 Å². The molecule has 1 unspecified atom stereocenters. The number of carbonyl (C=O) groups is 1. The van der Waals surface area contributed by atoms with Gasteiger partial charge < -0.3 is 5.73 Å². The molecule has 5 rings (SSSR count). The van der Waals surface area contributed by atoms with E-state index in [9.17, 15) is 9.18 Å². The highest BCUT2D eigenvalue weighted by atomic mass is 19.1. The van der Waals surface area contributed by atoms with Crippen LogP contribution in [0.4, 0.5) is 4.39 Å². The summed E-state index contributed by atoms with van der Waals surface area (Å²) in [7, 11) is 0. The van der Waals surface area contributed by atoms with Crippen LogP contribution < -0.4 is 5.73 Å². The van der Waals surface area contributed by atoms with Crippen LogP contribution in [0.2, 0.25) is 0 Å². The maximum atomic E-state index is 15.0. The molecule has 0 saturated carbocycles. The van der Waals surface area contributed by atoms with Gasteiger partial charge in [-0.15, -0.1) is 0 Å². The van der Waals surface area contributed by atoms with Crippen LogP contribution in [-0.2, 0) is 4.79 Å². The average molecular weight is 455 g/mol. The first kappa shape index (κ1) is 22.0. The van der Waals surface area contributed by atoms with E-state index in [2.05, 4.69) is 27.2 Å². The number of hydrogen-bond acceptors (Lipinski definition) is 3. The summed E-state index contributed by atoms with van der Waals surface area (Å²) in [5.74, 6) is -0.578. The van der Waals surface area contributed by atoms with Crippen molar-refractivity contribution in [2.75, 3.05) is 13.1 Å². The van der Waals surface area contributed by atoms with Gasteiger partial charge in [-0.2, -0.15) is 5.10 Å². The summed E-state index contributed by atoms with van der Waals surface area (Å²) < 4.78 is 15.0. The summed E-state index contributed by atoms with van der Waals surface area (Å²) in [5.41, 5.74) is 11.1. The zero-order chi connectivity index (χ0) is 23.5. The minimum atomic E-state index is -0.255. The summed E-state index contributed by atoms with van der Waals surface area (Å²) in [6, 6.07) is 23.4. The highest BCUT2D eigenvalue weighted by molar-refractivity contribution is 5.76. The van der Waals surface area contributed by atoms with Gasteiger partial charge in [0.05, 0.1) is 12.2 Å². The number of benzene rings is 3. The lowest BCUT2D eigenvalue weighted by molar-refractivity contribution is -0.123. The summed E-state index contributed by atoms with van der Waals surface area (Å²) in [6.07, 6.45) is 5.13. The van der Waals surface area contributed by atoms with Crippen LogP contribution in [0.5, 0.6) is 0 Å². The molecule has 3 N–H and O–H groups in total. The molecule has 6 heteroatoms. The summed E-state index contributed by atoms with van der Waals surface area (Å²) in [4.78, 5) is 13.9. The normalized spacial score (nSPS) is 15.8. The lowest BCUT2D eigenvalue weighted by atomic mass is 9.90. The van der Waals surface area contributed by atoms with Gasteiger partial charge in [-0.05, 0) is 60.3 Å². The number of rotatable bonds is 6. The van der Waals surface area contributed by atoms with Crippen LogP contribution in [0, 0.1) is 11.7 Å². The second-order valence-electron chi connectivity index (χ2n) is 8.83. The van der Waals surface area contributed by atoms with E-state index in [1.54, 1.807) is 6.07 Å². The molecule has 4 aromatic rings. The summed E-state index contributed by atoms with van der Waals surface area (Å²) in [6.45, 7) is 1.48. The van der Waals surface area contributed by atoms with Gasteiger partial charge >= 0.3 is 0 Å². The average Bonchev–Trinajstić information content (AvgIpc) is 3.41. The second-order valence-corrected chi connectivity index (χ2v) is 8.83. The Labute approximate surface area is 198 Å². The molecule has 0 aliphatic carbocycles. The molecule has 1 atom stereocenters. The zero-order valence-corrected chi connectivity index (χ0v) is 18.8. The Morgan fingerprint density at radius 3 is 2.26 bits per heavy atom. The number of nitrogens with one attached hydrogen (secondary N) is 1. The SMILES string of the molecule is NC(=O)C1CCN(C(c2cn[nH]c2)c2ccc(F)c(-c3ccc(-c4ccccc4)cc3)c2)CC1. The zero-order valence-electron chi connectivity index (χ0n) is 18.8. The predicted octanol–water partition coefficient (Wildman–Crippen LogP) is 5.17. The van der Waals surface area contributed by atoms with Gasteiger partial charge in [0.2, 0.25) is 5.91 Å². The van der Waals surface area contributed by atoms with Gasteiger partial charge in [0.1, 0.15) is 5.82 Å². The van der Waals surface area contributed by atoms with E-state index in [1.165, 1.54) is 0 Å². The Morgan fingerprint density at radius 2 is 1.62 bits per heavy atom. The summed E-state index contributed by atoms with van der Waals surface area (Å²) >= 11 is 0. The van der Waals surface area contributed by atoms with E-state index in [4.69, 9.17) is 5.73 Å². The van der Waals surface area contributed by atoms with Crippen molar-refractivity contribution in [3.63, 3.8) is 0 Å². The quantitative estimate of drug-likeness (QED) is 0.422. The number of primary amides is 1. The maximum absolute atomic E-state index is 15.0. The molecule has 5 nitrogen and oxygen atoms in total. The Bertz CT molecular complexity index is 1250. The molecule has 0 spiro atoms. The number of carbonyl (C=O) groups excluding carboxylic acids is 1. The molecular formula is C28H27FN4O. The van der Waals surface area contributed by atoms with E-state index < -0.39 is 0 Å². The van der Waals surface area contributed by atoms with Crippen molar-refractivity contribution in [2.45, 2.75) is 18.9 Å². The molecule has 0 radical (unpaired) electrons. The van der Waals surface area contributed by atoms with Crippen LogP contribution in [-0.4, -0.2) is 34.1 Å². The Hall–Kier alpha value is -3.77.